The summed E-state index contributed by atoms with van der Waals surface area (Å²) in [6.07, 6.45) is -4.95. The smallest absolute Gasteiger partial charge is 0.366 e. The second-order valence-corrected chi connectivity index (χ2v) is 4.79. The molecule has 0 aromatic rings. The van der Waals surface area contributed by atoms with Crippen LogP contribution in [0.4, 0.5) is 13.2 Å². The van der Waals surface area contributed by atoms with Crippen LogP contribution in [0.15, 0.2) is 0 Å². The highest BCUT2D eigenvalue weighted by atomic mass is 19.4. The molecule has 2 rings (SSSR count). The van der Waals surface area contributed by atoms with E-state index in [-0.39, 0.29) is 13.0 Å². The van der Waals surface area contributed by atoms with Gasteiger partial charge in [-0.25, -0.2) is 0 Å². The first-order valence-corrected chi connectivity index (χ1v) is 6.35. The monoisotopic (exact) mass is 295 g/mol. The molecule has 0 aromatic carbocycles. The zero-order valence-electron chi connectivity index (χ0n) is 10.7. The SMILES string of the molecule is O=C(NC1CCN(CC(F)(F)F)C1=O)C1CNCCO1. The van der Waals surface area contributed by atoms with Gasteiger partial charge in [-0.1, -0.05) is 0 Å². The highest BCUT2D eigenvalue weighted by molar-refractivity contribution is 5.90. The molecule has 2 atom stereocenters. The van der Waals surface area contributed by atoms with Gasteiger partial charge in [-0.05, 0) is 6.42 Å². The van der Waals surface area contributed by atoms with E-state index in [1.807, 2.05) is 0 Å². The van der Waals surface area contributed by atoms with Crippen LogP contribution in [-0.4, -0.2) is 67.8 Å². The fourth-order valence-electron chi connectivity index (χ4n) is 2.24. The molecule has 0 radical (unpaired) electrons. The Hall–Kier alpha value is -1.35. The maximum Gasteiger partial charge on any atom is 0.406 e. The van der Waals surface area contributed by atoms with Gasteiger partial charge in [0.1, 0.15) is 18.7 Å². The number of carbonyl (C=O) groups is 2. The summed E-state index contributed by atoms with van der Waals surface area (Å²) in [5.74, 6) is -1.16. The van der Waals surface area contributed by atoms with Gasteiger partial charge >= 0.3 is 6.18 Å². The van der Waals surface area contributed by atoms with Crippen LogP contribution in [0.2, 0.25) is 0 Å². The highest BCUT2D eigenvalue weighted by Crippen LogP contribution is 2.21. The summed E-state index contributed by atoms with van der Waals surface area (Å²) >= 11 is 0. The maximum absolute atomic E-state index is 12.3. The molecular weight excluding hydrogens is 279 g/mol. The van der Waals surface area contributed by atoms with E-state index in [2.05, 4.69) is 10.6 Å². The van der Waals surface area contributed by atoms with E-state index < -0.39 is 36.7 Å². The van der Waals surface area contributed by atoms with Crippen molar-refractivity contribution in [1.82, 2.24) is 15.5 Å². The number of alkyl halides is 3. The number of rotatable bonds is 3. The van der Waals surface area contributed by atoms with Crippen LogP contribution in [0.25, 0.3) is 0 Å². The quantitative estimate of drug-likeness (QED) is 0.719. The molecule has 9 heteroatoms. The van der Waals surface area contributed by atoms with Crippen molar-refractivity contribution in [3.63, 3.8) is 0 Å². The molecule has 0 saturated carbocycles. The number of nitrogens with one attached hydrogen (secondary N) is 2. The van der Waals surface area contributed by atoms with Crippen molar-refractivity contribution >= 4 is 11.8 Å². The zero-order chi connectivity index (χ0) is 14.8. The summed E-state index contributed by atoms with van der Waals surface area (Å²) in [6.45, 7) is 0.0775. The van der Waals surface area contributed by atoms with E-state index in [4.69, 9.17) is 4.74 Å². The third-order valence-electron chi connectivity index (χ3n) is 3.20. The molecule has 2 heterocycles. The molecule has 2 aliphatic heterocycles. The van der Waals surface area contributed by atoms with Crippen LogP contribution < -0.4 is 10.6 Å². The molecule has 2 aliphatic rings. The largest absolute Gasteiger partial charge is 0.406 e. The van der Waals surface area contributed by atoms with Crippen LogP contribution in [0.1, 0.15) is 6.42 Å². The molecule has 0 aromatic heterocycles. The molecule has 0 bridgehead atoms. The van der Waals surface area contributed by atoms with Crippen molar-refractivity contribution < 1.29 is 27.5 Å². The number of amides is 2. The van der Waals surface area contributed by atoms with Gasteiger partial charge in [0.2, 0.25) is 5.91 Å². The summed E-state index contributed by atoms with van der Waals surface area (Å²) in [6, 6.07) is -0.893. The van der Waals surface area contributed by atoms with Crippen LogP contribution >= 0.6 is 0 Å². The molecule has 2 N–H and O–H groups in total. The molecule has 2 amide bonds. The van der Waals surface area contributed by atoms with Gasteiger partial charge in [0, 0.05) is 19.6 Å². The molecular formula is C11H16F3N3O3. The van der Waals surface area contributed by atoms with Crippen molar-refractivity contribution in [3.8, 4) is 0 Å². The molecule has 2 fully saturated rings. The molecule has 0 aliphatic carbocycles. The second-order valence-electron chi connectivity index (χ2n) is 4.79. The summed E-state index contributed by atoms with van der Waals surface area (Å²) < 4.78 is 42.0. The number of halogens is 3. The third kappa shape index (κ3) is 3.83. The lowest BCUT2D eigenvalue weighted by Crippen LogP contribution is -2.52. The Bertz CT molecular complexity index is 383. The topological polar surface area (TPSA) is 70.7 Å². The number of hydrogen-bond donors (Lipinski definition) is 2. The number of ether oxygens (including phenoxy) is 1. The molecule has 114 valence electrons. The van der Waals surface area contributed by atoms with Crippen molar-refractivity contribution in [2.75, 3.05) is 32.8 Å². The Morgan fingerprint density at radius 1 is 1.50 bits per heavy atom. The standard InChI is InChI=1S/C11H16F3N3O3/c12-11(13,14)6-17-3-1-7(10(17)19)16-9(18)8-5-15-2-4-20-8/h7-8,15H,1-6H2,(H,16,18). The lowest BCUT2D eigenvalue weighted by Gasteiger charge is -2.24. The number of hydrogen-bond acceptors (Lipinski definition) is 4. The average molecular weight is 295 g/mol. The predicted octanol–water partition coefficient (Wildman–Crippen LogP) is -0.746. The Morgan fingerprint density at radius 3 is 2.85 bits per heavy atom. The van der Waals surface area contributed by atoms with E-state index in [0.29, 0.717) is 24.6 Å². The number of likely N-dealkylation sites (tertiary alicyclic amines) is 1. The van der Waals surface area contributed by atoms with Crippen LogP contribution in [0.5, 0.6) is 0 Å². The van der Waals surface area contributed by atoms with Crippen LogP contribution in [-0.2, 0) is 14.3 Å². The van der Waals surface area contributed by atoms with Crippen molar-refractivity contribution in [1.29, 1.82) is 0 Å². The highest BCUT2D eigenvalue weighted by Gasteiger charge is 2.40. The first-order chi connectivity index (χ1) is 9.37. The van der Waals surface area contributed by atoms with Gasteiger partial charge in [-0.15, -0.1) is 0 Å². The van der Waals surface area contributed by atoms with Crippen molar-refractivity contribution in [2.45, 2.75) is 24.7 Å². The zero-order valence-corrected chi connectivity index (χ0v) is 10.7. The number of morpholine rings is 1. The first kappa shape index (κ1) is 15.0. The van der Waals surface area contributed by atoms with Gasteiger partial charge in [-0.2, -0.15) is 13.2 Å². The molecule has 20 heavy (non-hydrogen) atoms. The third-order valence-corrected chi connectivity index (χ3v) is 3.20. The predicted molar refractivity (Wildman–Crippen MR) is 61.8 cm³/mol. The van der Waals surface area contributed by atoms with E-state index in [1.54, 1.807) is 0 Å². The Balaban J connectivity index is 1.85. The van der Waals surface area contributed by atoms with Gasteiger partial charge in [0.25, 0.3) is 5.91 Å². The Labute approximate surface area is 113 Å². The van der Waals surface area contributed by atoms with Crippen LogP contribution in [0.3, 0.4) is 0 Å². The fourth-order valence-corrected chi connectivity index (χ4v) is 2.24. The summed E-state index contributed by atoms with van der Waals surface area (Å²) in [5.41, 5.74) is 0. The second kappa shape index (κ2) is 5.96. The lowest BCUT2D eigenvalue weighted by atomic mass is 10.2. The van der Waals surface area contributed by atoms with Crippen LogP contribution in [0, 0.1) is 0 Å². The molecule has 2 saturated heterocycles. The Kier molecular flexibility index (Phi) is 4.48. The molecule has 6 nitrogen and oxygen atoms in total. The van der Waals surface area contributed by atoms with Gasteiger partial charge in [-0.3, -0.25) is 9.59 Å². The fraction of sp³-hybridized carbons (Fsp3) is 0.818. The number of nitrogens with zero attached hydrogens (tertiary/aromatic N) is 1. The summed E-state index contributed by atoms with van der Waals surface area (Å²) in [4.78, 5) is 24.3. The average Bonchev–Trinajstić information content (AvgIpc) is 2.71. The minimum atomic E-state index is -4.43. The maximum atomic E-state index is 12.3. The van der Waals surface area contributed by atoms with E-state index in [1.165, 1.54) is 0 Å². The normalized spacial score (nSPS) is 27.8. The van der Waals surface area contributed by atoms with Gasteiger partial charge in [0.15, 0.2) is 0 Å². The van der Waals surface area contributed by atoms with E-state index in [9.17, 15) is 22.8 Å². The molecule has 2 unspecified atom stereocenters. The van der Waals surface area contributed by atoms with E-state index in [0.717, 1.165) is 0 Å². The Morgan fingerprint density at radius 2 is 2.25 bits per heavy atom. The minimum Gasteiger partial charge on any atom is -0.366 e. The van der Waals surface area contributed by atoms with Crippen molar-refractivity contribution in [3.05, 3.63) is 0 Å². The molecule has 0 spiro atoms. The minimum absolute atomic E-state index is 0.00688. The summed E-state index contributed by atoms with van der Waals surface area (Å²) in [7, 11) is 0. The summed E-state index contributed by atoms with van der Waals surface area (Å²) in [5, 5.41) is 5.41. The number of carbonyl (C=O) groups excluding carboxylic acids is 2. The van der Waals surface area contributed by atoms with Gasteiger partial charge in [0.05, 0.1) is 6.61 Å². The van der Waals surface area contributed by atoms with Crippen molar-refractivity contribution in [2.24, 2.45) is 0 Å². The van der Waals surface area contributed by atoms with Gasteiger partial charge < -0.3 is 20.3 Å². The lowest BCUT2D eigenvalue weighted by molar-refractivity contribution is -0.158. The van der Waals surface area contributed by atoms with E-state index >= 15 is 0 Å². The first-order valence-electron chi connectivity index (χ1n) is 6.35.